The number of rotatable bonds is 6. The van der Waals surface area contributed by atoms with Gasteiger partial charge in [-0.05, 0) is 30.7 Å². The molecule has 80 valence electrons. The molecule has 15 heavy (non-hydrogen) atoms. The Morgan fingerprint density at radius 2 is 2.13 bits per heavy atom. The van der Waals surface area contributed by atoms with Gasteiger partial charge in [-0.25, -0.2) is 0 Å². The molecule has 1 rings (SSSR count). The van der Waals surface area contributed by atoms with Gasteiger partial charge in [-0.3, -0.25) is 0 Å². The van der Waals surface area contributed by atoms with E-state index in [0.29, 0.717) is 6.61 Å². The van der Waals surface area contributed by atoms with Crippen LogP contribution in [0.15, 0.2) is 59.7 Å². The van der Waals surface area contributed by atoms with Crippen molar-refractivity contribution in [1.29, 1.82) is 0 Å². The predicted molar refractivity (Wildman–Crippen MR) is 67.1 cm³/mol. The summed E-state index contributed by atoms with van der Waals surface area (Å²) in [6.45, 7) is 6.31. The third kappa shape index (κ3) is 6.02. The van der Waals surface area contributed by atoms with E-state index < -0.39 is 0 Å². The summed E-state index contributed by atoms with van der Waals surface area (Å²) >= 11 is 1.79. The van der Waals surface area contributed by atoms with Crippen LogP contribution in [0.2, 0.25) is 0 Å². The van der Waals surface area contributed by atoms with Crippen molar-refractivity contribution >= 4 is 11.8 Å². The maximum absolute atomic E-state index is 5.24. The van der Waals surface area contributed by atoms with Crippen LogP contribution in [0.4, 0.5) is 0 Å². The van der Waals surface area contributed by atoms with Gasteiger partial charge >= 0.3 is 0 Å². The van der Waals surface area contributed by atoms with Gasteiger partial charge < -0.3 is 4.74 Å². The largest absolute Gasteiger partial charge is 0.497 e. The Hall–Kier alpha value is -1.15. The first-order chi connectivity index (χ1) is 7.29. The van der Waals surface area contributed by atoms with Crippen LogP contribution in [0.5, 0.6) is 0 Å². The highest BCUT2D eigenvalue weighted by Gasteiger charge is 1.88. The van der Waals surface area contributed by atoms with Crippen LogP contribution in [0.1, 0.15) is 6.92 Å². The number of hydrogen-bond acceptors (Lipinski definition) is 2. The van der Waals surface area contributed by atoms with Gasteiger partial charge in [0.05, 0.1) is 6.26 Å². The molecule has 0 amide bonds. The molecule has 0 aliphatic carbocycles. The molecule has 1 aromatic carbocycles. The van der Waals surface area contributed by atoms with E-state index in [4.69, 9.17) is 4.74 Å². The normalized spacial score (nSPS) is 10.5. The summed E-state index contributed by atoms with van der Waals surface area (Å²) in [6.07, 6.45) is 3.76. The topological polar surface area (TPSA) is 9.23 Å². The van der Waals surface area contributed by atoms with Crippen LogP contribution in [-0.4, -0.2) is 12.4 Å². The van der Waals surface area contributed by atoms with Crippen molar-refractivity contribution in [3.63, 3.8) is 0 Å². The lowest BCUT2D eigenvalue weighted by atomic mass is 10.4. The molecule has 0 atom stereocenters. The highest BCUT2D eigenvalue weighted by atomic mass is 32.2. The van der Waals surface area contributed by atoms with Crippen LogP contribution in [0.3, 0.4) is 0 Å². The molecule has 0 bridgehead atoms. The minimum atomic E-state index is 0.604. The lowest BCUT2D eigenvalue weighted by Gasteiger charge is -1.99. The van der Waals surface area contributed by atoms with Crippen LogP contribution in [0.25, 0.3) is 0 Å². The average Bonchev–Trinajstić information content (AvgIpc) is 2.24. The zero-order chi connectivity index (χ0) is 10.9. The Morgan fingerprint density at radius 1 is 1.40 bits per heavy atom. The monoisotopic (exact) mass is 220 g/mol. The van der Waals surface area contributed by atoms with Crippen molar-refractivity contribution in [2.24, 2.45) is 0 Å². The van der Waals surface area contributed by atoms with E-state index in [9.17, 15) is 0 Å². The molecule has 1 aromatic rings. The molecular formula is C13H16OS. The average molecular weight is 220 g/mol. The second-order valence-electron chi connectivity index (χ2n) is 3.26. The first-order valence-electron chi connectivity index (χ1n) is 4.88. The summed E-state index contributed by atoms with van der Waals surface area (Å²) in [5, 5.41) is 0. The van der Waals surface area contributed by atoms with Crippen molar-refractivity contribution in [2.75, 3.05) is 12.4 Å². The standard InChI is InChI=1S/C13H16OS/c1-12(2)11-14-9-6-10-15-13-7-4-3-5-8-13/h3-9H,1,10-11H2,2H3/b9-6+. The van der Waals surface area contributed by atoms with Gasteiger partial charge in [0, 0.05) is 10.6 Å². The van der Waals surface area contributed by atoms with Crippen molar-refractivity contribution in [2.45, 2.75) is 11.8 Å². The molecule has 0 unspecified atom stereocenters. The number of ether oxygens (including phenoxy) is 1. The zero-order valence-electron chi connectivity index (χ0n) is 8.98. The molecule has 0 aliphatic heterocycles. The maximum atomic E-state index is 5.24. The fourth-order valence-corrected chi connectivity index (χ4v) is 1.68. The van der Waals surface area contributed by atoms with Gasteiger partial charge in [0.1, 0.15) is 6.61 Å². The summed E-state index contributed by atoms with van der Waals surface area (Å²) in [5.74, 6) is 0.931. The van der Waals surface area contributed by atoms with E-state index >= 15 is 0 Å². The molecule has 0 aliphatic rings. The molecule has 0 saturated heterocycles. The Balaban J connectivity index is 2.14. The highest BCUT2D eigenvalue weighted by Crippen LogP contribution is 2.16. The smallest absolute Gasteiger partial charge is 0.108 e. The van der Waals surface area contributed by atoms with E-state index in [-0.39, 0.29) is 0 Å². The number of thioether (sulfide) groups is 1. The summed E-state index contributed by atoms with van der Waals surface area (Å²) in [7, 11) is 0. The molecule has 0 fully saturated rings. The summed E-state index contributed by atoms with van der Waals surface area (Å²) in [5.41, 5.74) is 1.04. The van der Waals surface area contributed by atoms with E-state index in [1.54, 1.807) is 18.0 Å². The van der Waals surface area contributed by atoms with E-state index in [1.165, 1.54) is 4.90 Å². The van der Waals surface area contributed by atoms with Crippen molar-refractivity contribution in [3.05, 3.63) is 54.8 Å². The highest BCUT2D eigenvalue weighted by molar-refractivity contribution is 7.99. The van der Waals surface area contributed by atoms with E-state index in [2.05, 4.69) is 18.7 Å². The molecule has 0 aromatic heterocycles. The van der Waals surface area contributed by atoms with Crippen LogP contribution in [-0.2, 0) is 4.74 Å². The maximum Gasteiger partial charge on any atom is 0.108 e. The van der Waals surface area contributed by atoms with Crippen LogP contribution >= 0.6 is 11.8 Å². The molecule has 2 heteroatoms. The molecule has 0 radical (unpaired) electrons. The third-order valence-corrected chi connectivity index (χ3v) is 2.58. The van der Waals surface area contributed by atoms with Crippen molar-refractivity contribution in [1.82, 2.24) is 0 Å². The summed E-state index contributed by atoms with van der Waals surface area (Å²) < 4.78 is 5.24. The summed E-state index contributed by atoms with van der Waals surface area (Å²) in [6, 6.07) is 10.3. The van der Waals surface area contributed by atoms with Gasteiger partial charge in [-0.1, -0.05) is 24.8 Å². The zero-order valence-corrected chi connectivity index (χ0v) is 9.80. The molecule has 0 saturated carbocycles. The van der Waals surface area contributed by atoms with Gasteiger partial charge in [0.15, 0.2) is 0 Å². The van der Waals surface area contributed by atoms with Crippen LogP contribution in [0, 0.1) is 0 Å². The Bertz CT molecular complexity index is 317. The van der Waals surface area contributed by atoms with Crippen molar-refractivity contribution < 1.29 is 4.74 Å². The number of benzene rings is 1. The lowest BCUT2D eigenvalue weighted by Crippen LogP contribution is -1.86. The SMILES string of the molecule is C=C(C)CO/C=C/CSc1ccccc1. The minimum Gasteiger partial charge on any atom is -0.497 e. The fourth-order valence-electron chi connectivity index (χ4n) is 0.959. The van der Waals surface area contributed by atoms with Gasteiger partial charge in [0.25, 0.3) is 0 Å². The Morgan fingerprint density at radius 3 is 2.80 bits per heavy atom. The van der Waals surface area contributed by atoms with Crippen molar-refractivity contribution in [3.8, 4) is 0 Å². The first kappa shape index (κ1) is 11.9. The quantitative estimate of drug-likeness (QED) is 0.409. The molecule has 0 N–H and O–H groups in total. The van der Waals surface area contributed by atoms with Gasteiger partial charge in [-0.2, -0.15) is 0 Å². The third-order valence-electron chi connectivity index (χ3n) is 1.61. The lowest BCUT2D eigenvalue weighted by molar-refractivity contribution is 0.280. The van der Waals surface area contributed by atoms with Crippen LogP contribution < -0.4 is 0 Å². The van der Waals surface area contributed by atoms with Gasteiger partial charge in [-0.15, -0.1) is 11.8 Å². The molecular weight excluding hydrogens is 204 g/mol. The Labute approximate surface area is 95.8 Å². The summed E-state index contributed by atoms with van der Waals surface area (Å²) in [4.78, 5) is 1.28. The second-order valence-corrected chi connectivity index (χ2v) is 4.36. The first-order valence-corrected chi connectivity index (χ1v) is 5.86. The van der Waals surface area contributed by atoms with E-state index in [0.717, 1.165) is 11.3 Å². The predicted octanol–water partition coefficient (Wildman–Crippen LogP) is 3.89. The van der Waals surface area contributed by atoms with E-state index in [1.807, 2.05) is 31.2 Å². The van der Waals surface area contributed by atoms with Gasteiger partial charge in [0.2, 0.25) is 0 Å². The Kier molecular flexibility index (Phi) is 5.71. The molecule has 0 heterocycles. The fraction of sp³-hybridized carbons (Fsp3) is 0.231. The second kappa shape index (κ2) is 7.18. The minimum absolute atomic E-state index is 0.604. The molecule has 0 spiro atoms. The number of hydrogen-bond donors (Lipinski definition) is 0. The molecule has 1 nitrogen and oxygen atoms in total.